The van der Waals surface area contributed by atoms with Crippen LogP contribution in [0.5, 0.6) is 0 Å². The topological polar surface area (TPSA) is 40.5 Å². The Hall–Kier alpha value is -0.220. The predicted molar refractivity (Wildman–Crippen MR) is 18.5 cm³/mol. The van der Waals surface area contributed by atoms with Gasteiger partial charge >= 0.3 is 0 Å². The normalized spacial score (nSPS) is 18.9. The van der Waals surface area contributed by atoms with Crippen LogP contribution in [0.2, 0.25) is 0 Å². The number of alkyl halides is 2. The number of rotatable bonds is 2. The van der Waals surface area contributed by atoms with Crippen molar-refractivity contribution in [1.82, 2.24) is 0 Å². The van der Waals surface area contributed by atoms with E-state index in [9.17, 15) is 8.78 Å². The van der Waals surface area contributed by atoms with Gasteiger partial charge in [0.25, 0.3) is 0 Å². The fourth-order valence-corrected chi connectivity index (χ4v) is 0.131. The molecule has 0 fully saturated rings. The molecule has 43 valence electrons. The quantitative estimate of drug-likeness (QED) is 0.516. The van der Waals surface area contributed by atoms with E-state index in [1.54, 1.807) is 0 Å². The zero-order valence-corrected chi connectivity index (χ0v) is 3.38. The fraction of sp³-hybridized carbons (Fsp3) is 0.667. The second-order valence-electron chi connectivity index (χ2n) is 0.938. The average molecular weight is 111 g/mol. The first kappa shape index (κ1) is 6.78. The molecule has 2 nitrogen and oxygen atoms in total. The van der Waals surface area contributed by atoms with E-state index in [1.165, 1.54) is 0 Å². The Balaban J connectivity index is 2.95. The lowest BCUT2D eigenvalue weighted by Crippen LogP contribution is -2.08. The molecule has 2 atom stereocenters. The van der Waals surface area contributed by atoms with Gasteiger partial charge in [-0.25, -0.2) is 8.78 Å². The second-order valence-corrected chi connectivity index (χ2v) is 0.938. The van der Waals surface area contributed by atoms with Crippen molar-refractivity contribution < 1.29 is 19.0 Å². The summed E-state index contributed by atoms with van der Waals surface area (Å²) in [5.74, 6) is 0. The molecule has 1 radical (unpaired) electrons. The summed E-state index contributed by atoms with van der Waals surface area (Å²) in [5, 5.41) is 15.2. The van der Waals surface area contributed by atoms with Crippen molar-refractivity contribution in [2.45, 2.75) is 12.7 Å². The lowest BCUT2D eigenvalue weighted by Gasteiger charge is -1.96. The van der Waals surface area contributed by atoms with Crippen LogP contribution in [0.1, 0.15) is 0 Å². The molecule has 0 saturated carbocycles. The van der Waals surface area contributed by atoms with E-state index in [2.05, 4.69) is 0 Å². The molecule has 0 aliphatic heterocycles. The highest BCUT2D eigenvalue weighted by atomic mass is 19.2. The summed E-state index contributed by atoms with van der Waals surface area (Å²) < 4.78 is 22.1. The van der Waals surface area contributed by atoms with Crippen molar-refractivity contribution in [3.8, 4) is 0 Å². The second kappa shape index (κ2) is 2.87. The van der Waals surface area contributed by atoms with Gasteiger partial charge in [-0.15, -0.1) is 0 Å². The molecule has 0 rings (SSSR count). The van der Waals surface area contributed by atoms with Crippen LogP contribution in [-0.2, 0) is 0 Å². The van der Waals surface area contributed by atoms with E-state index in [0.29, 0.717) is 0 Å². The molecule has 0 aliphatic carbocycles. The van der Waals surface area contributed by atoms with Crippen LogP contribution >= 0.6 is 0 Å². The molecule has 0 amide bonds. The monoisotopic (exact) mass is 111 g/mol. The summed E-state index contributed by atoms with van der Waals surface area (Å²) in [4.78, 5) is 0. The first-order chi connectivity index (χ1) is 3.13. The maximum atomic E-state index is 11.1. The number of aliphatic hydroxyl groups excluding tert-OH is 2. The van der Waals surface area contributed by atoms with Crippen molar-refractivity contribution in [2.24, 2.45) is 0 Å². The van der Waals surface area contributed by atoms with E-state index in [4.69, 9.17) is 10.2 Å². The van der Waals surface area contributed by atoms with E-state index >= 15 is 0 Å². The summed E-state index contributed by atoms with van der Waals surface area (Å²) in [7, 11) is 0. The van der Waals surface area contributed by atoms with Crippen LogP contribution in [0, 0.1) is 6.42 Å². The van der Waals surface area contributed by atoms with Crippen LogP contribution < -0.4 is 0 Å². The zero-order valence-electron chi connectivity index (χ0n) is 3.38. The third-order valence-corrected chi connectivity index (χ3v) is 0.318. The van der Waals surface area contributed by atoms with Gasteiger partial charge in [-0.2, -0.15) is 0 Å². The van der Waals surface area contributed by atoms with E-state index in [0.717, 1.165) is 0 Å². The summed E-state index contributed by atoms with van der Waals surface area (Å²) in [6.45, 7) is 0. The molecule has 0 aromatic heterocycles. The van der Waals surface area contributed by atoms with Crippen molar-refractivity contribution in [1.29, 1.82) is 0 Å². The van der Waals surface area contributed by atoms with E-state index in [-0.39, 0.29) is 6.42 Å². The maximum Gasteiger partial charge on any atom is 0.205 e. The predicted octanol–water partition coefficient (Wildman–Crippen LogP) is -0.234. The molecule has 4 heteroatoms. The van der Waals surface area contributed by atoms with Crippen LogP contribution in [0.3, 0.4) is 0 Å². The van der Waals surface area contributed by atoms with Gasteiger partial charge in [0.05, 0.1) is 6.42 Å². The molecular weight excluding hydrogens is 106 g/mol. The SMILES string of the molecule is OC(F)[CH]C(O)F. The van der Waals surface area contributed by atoms with Gasteiger partial charge < -0.3 is 10.2 Å². The minimum Gasteiger partial charge on any atom is -0.364 e. The lowest BCUT2D eigenvalue weighted by molar-refractivity contribution is 0.00113. The minimum atomic E-state index is -2.38. The Kier molecular flexibility index (Phi) is 2.78. The molecule has 0 spiro atoms. The summed E-state index contributed by atoms with van der Waals surface area (Å²) in [6, 6.07) is 0. The summed E-state index contributed by atoms with van der Waals surface area (Å²) >= 11 is 0. The Labute approximate surface area is 39.4 Å². The molecule has 2 unspecified atom stereocenters. The maximum absolute atomic E-state index is 11.1. The molecule has 2 N–H and O–H groups in total. The molecule has 7 heavy (non-hydrogen) atoms. The standard InChI is InChI=1S/C3H5F2O2/c4-2(6)1-3(5)7/h1-3,6-7H. The van der Waals surface area contributed by atoms with Crippen LogP contribution in [0.4, 0.5) is 8.78 Å². The van der Waals surface area contributed by atoms with Gasteiger partial charge in [-0.3, -0.25) is 0 Å². The molecule has 0 aromatic carbocycles. The molecule has 0 heterocycles. The molecular formula is C3H5F2O2. The van der Waals surface area contributed by atoms with Crippen LogP contribution in [-0.4, -0.2) is 22.9 Å². The van der Waals surface area contributed by atoms with Crippen LogP contribution in [0.15, 0.2) is 0 Å². The van der Waals surface area contributed by atoms with Gasteiger partial charge in [-0.05, 0) is 0 Å². The minimum absolute atomic E-state index is 0.111. The highest BCUT2D eigenvalue weighted by Gasteiger charge is 2.07. The van der Waals surface area contributed by atoms with Crippen molar-refractivity contribution in [3.05, 3.63) is 6.42 Å². The Morgan fingerprint density at radius 3 is 1.43 bits per heavy atom. The highest BCUT2D eigenvalue weighted by molar-refractivity contribution is 4.67. The van der Waals surface area contributed by atoms with Crippen LogP contribution in [0.25, 0.3) is 0 Å². The average Bonchev–Trinajstić information content (AvgIpc) is 1.27. The third-order valence-electron chi connectivity index (χ3n) is 0.318. The van der Waals surface area contributed by atoms with Gasteiger partial charge in [-0.1, -0.05) is 0 Å². The number of aliphatic hydroxyl groups is 2. The van der Waals surface area contributed by atoms with Gasteiger partial charge in [0.1, 0.15) is 0 Å². The largest absolute Gasteiger partial charge is 0.364 e. The summed E-state index contributed by atoms with van der Waals surface area (Å²) in [5.41, 5.74) is 0. The fourth-order valence-electron chi connectivity index (χ4n) is 0.131. The molecule has 0 aromatic rings. The summed E-state index contributed by atoms with van der Waals surface area (Å²) in [6.07, 6.45) is -4.64. The first-order valence-electron chi connectivity index (χ1n) is 1.62. The molecule has 0 aliphatic rings. The third kappa shape index (κ3) is 5.78. The Morgan fingerprint density at radius 2 is 1.43 bits per heavy atom. The number of hydrogen-bond acceptors (Lipinski definition) is 2. The van der Waals surface area contributed by atoms with Gasteiger partial charge in [0.15, 0.2) is 0 Å². The Morgan fingerprint density at radius 1 is 1.14 bits per heavy atom. The molecule has 0 saturated heterocycles. The molecule has 0 bridgehead atoms. The Bertz CT molecular complexity index is 40.2. The lowest BCUT2D eigenvalue weighted by atomic mass is 10.4. The zero-order chi connectivity index (χ0) is 5.86. The number of halogens is 2. The smallest absolute Gasteiger partial charge is 0.205 e. The van der Waals surface area contributed by atoms with E-state index in [1.807, 2.05) is 0 Å². The van der Waals surface area contributed by atoms with E-state index < -0.39 is 12.7 Å². The van der Waals surface area contributed by atoms with Gasteiger partial charge in [0.2, 0.25) is 12.7 Å². The number of hydrogen-bond donors (Lipinski definition) is 2. The van der Waals surface area contributed by atoms with Crippen molar-refractivity contribution in [3.63, 3.8) is 0 Å². The van der Waals surface area contributed by atoms with Crippen molar-refractivity contribution >= 4 is 0 Å². The highest BCUT2D eigenvalue weighted by Crippen LogP contribution is 1.96. The van der Waals surface area contributed by atoms with Gasteiger partial charge in [0, 0.05) is 0 Å². The first-order valence-corrected chi connectivity index (χ1v) is 1.62. The van der Waals surface area contributed by atoms with Crippen molar-refractivity contribution in [2.75, 3.05) is 0 Å².